The van der Waals surface area contributed by atoms with Gasteiger partial charge in [-0.15, -0.1) is 11.3 Å². The first-order valence-corrected chi connectivity index (χ1v) is 7.82. The maximum atomic E-state index is 5.75. The van der Waals surface area contributed by atoms with Gasteiger partial charge in [-0.2, -0.15) is 0 Å². The summed E-state index contributed by atoms with van der Waals surface area (Å²) >= 11 is 1.82. The molecule has 0 aromatic carbocycles. The molecule has 2 heterocycles. The molecule has 4 nitrogen and oxygen atoms in total. The molecule has 0 bridgehead atoms. The van der Waals surface area contributed by atoms with Crippen LogP contribution in [0.5, 0.6) is 0 Å². The average Bonchev–Trinajstić information content (AvgIpc) is 2.94. The van der Waals surface area contributed by atoms with Crippen molar-refractivity contribution in [3.05, 3.63) is 22.4 Å². The molecule has 0 radical (unpaired) electrons. The molecule has 1 unspecified atom stereocenters. The molecule has 0 spiro atoms. The van der Waals surface area contributed by atoms with Crippen LogP contribution in [0.15, 0.2) is 22.5 Å². The summed E-state index contributed by atoms with van der Waals surface area (Å²) in [6.07, 6.45) is 2.58. The molecule has 1 aromatic rings. The van der Waals surface area contributed by atoms with Gasteiger partial charge in [0.1, 0.15) is 0 Å². The Kier molecular flexibility index (Phi) is 5.22. The number of guanidine groups is 1. The van der Waals surface area contributed by atoms with E-state index >= 15 is 0 Å². The Labute approximate surface area is 119 Å². The standard InChI is InChI=1S/C14H24N4S/c1-11-5-7-18(8-6-11)12(10-17-14(15)16-2)13-4-3-9-19-13/h3-4,9,11-12H,5-8,10H2,1-2H3,(H3,15,16,17). The van der Waals surface area contributed by atoms with Crippen molar-refractivity contribution in [1.82, 2.24) is 10.2 Å². The lowest BCUT2D eigenvalue weighted by Gasteiger charge is -2.36. The first-order chi connectivity index (χ1) is 9.20. The predicted molar refractivity (Wildman–Crippen MR) is 82.6 cm³/mol. The summed E-state index contributed by atoms with van der Waals surface area (Å²) in [6.45, 7) is 5.53. The SMILES string of the molecule is CN=C(N)NCC(c1cccs1)N1CCC(C)CC1. The average molecular weight is 280 g/mol. The van der Waals surface area contributed by atoms with Gasteiger partial charge in [0.25, 0.3) is 0 Å². The van der Waals surface area contributed by atoms with Crippen molar-refractivity contribution in [3.8, 4) is 0 Å². The van der Waals surface area contributed by atoms with Crippen molar-refractivity contribution < 1.29 is 0 Å². The van der Waals surface area contributed by atoms with Gasteiger partial charge in [-0.25, -0.2) is 0 Å². The number of hydrogen-bond acceptors (Lipinski definition) is 3. The van der Waals surface area contributed by atoms with Gasteiger partial charge in [0, 0.05) is 18.5 Å². The fourth-order valence-electron chi connectivity index (χ4n) is 2.51. The number of rotatable bonds is 4. The number of piperidine rings is 1. The van der Waals surface area contributed by atoms with Gasteiger partial charge in [0.15, 0.2) is 5.96 Å². The second-order valence-corrected chi connectivity index (χ2v) is 6.22. The summed E-state index contributed by atoms with van der Waals surface area (Å²) in [6, 6.07) is 4.75. The van der Waals surface area contributed by atoms with Crippen LogP contribution in [0.3, 0.4) is 0 Å². The van der Waals surface area contributed by atoms with Crippen LogP contribution >= 0.6 is 11.3 Å². The number of nitrogens with zero attached hydrogens (tertiary/aromatic N) is 2. The summed E-state index contributed by atoms with van der Waals surface area (Å²) in [5, 5.41) is 5.37. The monoisotopic (exact) mass is 280 g/mol. The zero-order valence-electron chi connectivity index (χ0n) is 11.8. The molecular weight excluding hydrogens is 256 g/mol. The van der Waals surface area contributed by atoms with Crippen molar-refractivity contribution in [2.75, 3.05) is 26.7 Å². The third kappa shape index (κ3) is 3.94. The topological polar surface area (TPSA) is 53.6 Å². The van der Waals surface area contributed by atoms with Crippen LogP contribution in [-0.2, 0) is 0 Å². The van der Waals surface area contributed by atoms with Gasteiger partial charge in [0.2, 0.25) is 0 Å². The highest BCUT2D eigenvalue weighted by atomic mass is 32.1. The molecule has 2 rings (SSSR count). The second kappa shape index (κ2) is 6.91. The van der Waals surface area contributed by atoms with E-state index in [1.165, 1.54) is 30.8 Å². The molecule has 1 aliphatic rings. The smallest absolute Gasteiger partial charge is 0.188 e. The van der Waals surface area contributed by atoms with Crippen LogP contribution < -0.4 is 11.1 Å². The summed E-state index contributed by atoms with van der Waals surface area (Å²) in [7, 11) is 1.71. The van der Waals surface area contributed by atoms with Crippen LogP contribution in [0, 0.1) is 5.92 Å². The van der Waals surface area contributed by atoms with E-state index in [2.05, 4.69) is 39.6 Å². The third-order valence-corrected chi connectivity index (χ3v) is 4.82. The van der Waals surface area contributed by atoms with Crippen molar-refractivity contribution >= 4 is 17.3 Å². The zero-order valence-corrected chi connectivity index (χ0v) is 12.6. The Bertz CT molecular complexity index is 394. The summed E-state index contributed by atoms with van der Waals surface area (Å²) in [4.78, 5) is 7.95. The maximum absolute atomic E-state index is 5.75. The van der Waals surface area contributed by atoms with E-state index < -0.39 is 0 Å². The second-order valence-electron chi connectivity index (χ2n) is 5.24. The molecule has 0 amide bonds. The quantitative estimate of drug-likeness (QED) is 0.655. The number of aliphatic imine (C=N–C) groups is 1. The van der Waals surface area contributed by atoms with Gasteiger partial charge < -0.3 is 11.1 Å². The maximum Gasteiger partial charge on any atom is 0.188 e. The first-order valence-electron chi connectivity index (χ1n) is 6.94. The molecule has 5 heteroatoms. The minimum Gasteiger partial charge on any atom is -0.370 e. The van der Waals surface area contributed by atoms with Crippen molar-refractivity contribution in [2.24, 2.45) is 16.6 Å². The molecule has 1 saturated heterocycles. The highest BCUT2D eigenvalue weighted by Gasteiger charge is 2.25. The van der Waals surface area contributed by atoms with E-state index in [1.807, 2.05) is 11.3 Å². The highest BCUT2D eigenvalue weighted by molar-refractivity contribution is 7.10. The van der Waals surface area contributed by atoms with E-state index in [0.29, 0.717) is 12.0 Å². The lowest BCUT2D eigenvalue weighted by Crippen LogP contribution is -2.43. The van der Waals surface area contributed by atoms with Crippen LogP contribution in [0.1, 0.15) is 30.7 Å². The Hall–Kier alpha value is -1.07. The van der Waals surface area contributed by atoms with Crippen molar-refractivity contribution in [3.63, 3.8) is 0 Å². The van der Waals surface area contributed by atoms with Crippen molar-refractivity contribution in [2.45, 2.75) is 25.8 Å². The molecule has 106 valence electrons. The van der Waals surface area contributed by atoms with E-state index in [4.69, 9.17) is 5.73 Å². The molecule has 0 aliphatic carbocycles. The summed E-state index contributed by atoms with van der Waals surface area (Å²) in [5.74, 6) is 1.38. The van der Waals surface area contributed by atoms with Crippen molar-refractivity contribution in [1.29, 1.82) is 0 Å². The number of thiophene rings is 1. The Morgan fingerprint density at radius 1 is 1.58 bits per heavy atom. The van der Waals surface area contributed by atoms with E-state index in [0.717, 1.165) is 12.5 Å². The minimum atomic E-state index is 0.410. The Morgan fingerprint density at radius 3 is 2.89 bits per heavy atom. The van der Waals surface area contributed by atoms with Crippen LogP contribution in [0.4, 0.5) is 0 Å². The van der Waals surface area contributed by atoms with Gasteiger partial charge >= 0.3 is 0 Å². The Morgan fingerprint density at radius 2 is 2.32 bits per heavy atom. The predicted octanol–water partition coefficient (Wildman–Crippen LogP) is 2.06. The summed E-state index contributed by atoms with van der Waals surface area (Å²) in [5.41, 5.74) is 5.75. The molecule has 1 aromatic heterocycles. The van der Waals surface area contributed by atoms with Gasteiger partial charge in [0.05, 0.1) is 6.04 Å². The zero-order chi connectivity index (χ0) is 13.7. The highest BCUT2D eigenvalue weighted by Crippen LogP contribution is 2.28. The number of likely N-dealkylation sites (tertiary alicyclic amines) is 1. The third-order valence-electron chi connectivity index (χ3n) is 3.85. The van der Waals surface area contributed by atoms with Crippen LogP contribution in [0.25, 0.3) is 0 Å². The van der Waals surface area contributed by atoms with Crippen LogP contribution in [0.2, 0.25) is 0 Å². The molecule has 0 saturated carbocycles. The van der Waals surface area contributed by atoms with Gasteiger partial charge in [-0.3, -0.25) is 9.89 Å². The van der Waals surface area contributed by atoms with Gasteiger partial charge in [-0.1, -0.05) is 13.0 Å². The van der Waals surface area contributed by atoms with E-state index in [9.17, 15) is 0 Å². The lowest BCUT2D eigenvalue weighted by molar-refractivity contribution is 0.140. The first kappa shape index (κ1) is 14.3. The fourth-order valence-corrected chi connectivity index (χ4v) is 3.37. The molecule has 3 N–H and O–H groups in total. The number of nitrogens with two attached hydrogens (primary N) is 1. The van der Waals surface area contributed by atoms with Crippen LogP contribution in [-0.4, -0.2) is 37.5 Å². The van der Waals surface area contributed by atoms with E-state index in [1.54, 1.807) is 7.05 Å². The molecule has 1 fully saturated rings. The largest absolute Gasteiger partial charge is 0.370 e. The van der Waals surface area contributed by atoms with Gasteiger partial charge in [-0.05, 0) is 43.3 Å². The minimum absolute atomic E-state index is 0.410. The molecule has 1 atom stereocenters. The summed E-state index contributed by atoms with van der Waals surface area (Å²) < 4.78 is 0. The molecule has 1 aliphatic heterocycles. The normalized spacial score (nSPS) is 20.4. The molecular formula is C14H24N4S. The molecule has 19 heavy (non-hydrogen) atoms. The fraction of sp³-hybridized carbons (Fsp3) is 0.643. The lowest BCUT2D eigenvalue weighted by atomic mass is 9.97. The number of hydrogen-bond donors (Lipinski definition) is 2. The Balaban J connectivity index is 2.02. The number of nitrogens with one attached hydrogen (secondary N) is 1. The van der Waals surface area contributed by atoms with E-state index in [-0.39, 0.29) is 0 Å².